The number of amides is 3. The van der Waals surface area contributed by atoms with Gasteiger partial charge in [-0.25, -0.2) is 4.90 Å². The zero-order valence-corrected chi connectivity index (χ0v) is 16.2. The molecule has 0 radical (unpaired) electrons. The molecule has 4 rings (SSSR count). The highest BCUT2D eigenvalue weighted by atomic mass is 79.9. The molecule has 0 saturated carbocycles. The molecule has 1 unspecified atom stereocenters. The van der Waals surface area contributed by atoms with E-state index in [1.165, 1.54) is 23.5 Å². The number of rotatable bonds is 5. The minimum absolute atomic E-state index is 0.0460. The van der Waals surface area contributed by atoms with Gasteiger partial charge >= 0.3 is 0 Å². The predicted molar refractivity (Wildman–Crippen MR) is 102 cm³/mol. The van der Waals surface area contributed by atoms with Gasteiger partial charge in [-0.3, -0.25) is 14.4 Å². The lowest BCUT2D eigenvalue weighted by molar-refractivity contribution is -0.122. The number of halogens is 1. The molecule has 28 heavy (non-hydrogen) atoms. The number of carbonyl (C=O) groups is 3. The molecule has 1 aliphatic heterocycles. The van der Waals surface area contributed by atoms with Crippen LogP contribution in [0.3, 0.4) is 0 Å². The van der Waals surface area contributed by atoms with Crippen LogP contribution in [0.15, 0.2) is 74.4 Å². The maximum atomic E-state index is 13.1. The summed E-state index contributed by atoms with van der Waals surface area (Å²) in [6.07, 6.45) is 2.76. The summed E-state index contributed by atoms with van der Waals surface area (Å²) in [6, 6.07) is 12.4. The van der Waals surface area contributed by atoms with Crippen molar-refractivity contribution in [2.24, 2.45) is 0 Å². The first-order chi connectivity index (χ1) is 13.5. The number of furan rings is 2. The second-order valence-corrected chi connectivity index (χ2v) is 7.17. The van der Waals surface area contributed by atoms with Gasteiger partial charge in [0.25, 0.3) is 11.8 Å². The van der Waals surface area contributed by atoms with Crippen molar-refractivity contribution >= 4 is 39.3 Å². The van der Waals surface area contributed by atoms with Gasteiger partial charge in [0.1, 0.15) is 11.8 Å². The Morgan fingerprint density at radius 1 is 1.07 bits per heavy atom. The van der Waals surface area contributed by atoms with Crippen LogP contribution in [0.25, 0.3) is 0 Å². The monoisotopic (exact) mass is 442 g/mol. The van der Waals surface area contributed by atoms with E-state index in [1.807, 2.05) is 0 Å². The average molecular weight is 443 g/mol. The Morgan fingerprint density at radius 3 is 2.43 bits per heavy atom. The summed E-state index contributed by atoms with van der Waals surface area (Å²) in [6.45, 7) is 0.0460. The van der Waals surface area contributed by atoms with Crippen LogP contribution in [-0.4, -0.2) is 28.7 Å². The number of anilines is 1. The summed E-state index contributed by atoms with van der Waals surface area (Å²) in [5.74, 6) is -0.714. The Bertz CT molecular complexity index is 996. The number of carbonyl (C=O) groups excluding carboxylic acids is 3. The van der Waals surface area contributed by atoms with Gasteiger partial charge < -0.3 is 13.7 Å². The maximum Gasteiger partial charge on any atom is 0.290 e. The Hall–Kier alpha value is -3.13. The van der Waals surface area contributed by atoms with Crippen molar-refractivity contribution in [3.8, 4) is 0 Å². The summed E-state index contributed by atoms with van der Waals surface area (Å²) < 4.78 is 11.4. The highest BCUT2D eigenvalue weighted by molar-refractivity contribution is 9.10. The van der Waals surface area contributed by atoms with Crippen LogP contribution in [0.4, 0.5) is 5.69 Å². The number of hydrogen-bond donors (Lipinski definition) is 0. The maximum absolute atomic E-state index is 13.1. The lowest BCUT2D eigenvalue weighted by Crippen LogP contribution is -2.45. The summed E-state index contributed by atoms with van der Waals surface area (Å²) in [5, 5.41) is 0. The zero-order valence-electron chi connectivity index (χ0n) is 14.6. The molecule has 7 nitrogen and oxygen atoms in total. The Kier molecular flexibility index (Phi) is 4.87. The molecule has 1 fully saturated rings. The first-order valence-corrected chi connectivity index (χ1v) is 9.33. The van der Waals surface area contributed by atoms with E-state index >= 15 is 0 Å². The Labute approximate surface area is 168 Å². The van der Waals surface area contributed by atoms with Crippen LogP contribution in [0.5, 0.6) is 0 Å². The van der Waals surface area contributed by atoms with E-state index < -0.39 is 17.9 Å². The largest absolute Gasteiger partial charge is 0.467 e. The van der Waals surface area contributed by atoms with Gasteiger partial charge in [0.05, 0.1) is 31.2 Å². The fourth-order valence-electron chi connectivity index (χ4n) is 3.16. The predicted octanol–water partition coefficient (Wildman–Crippen LogP) is 3.61. The second-order valence-electron chi connectivity index (χ2n) is 6.25. The minimum Gasteiger partial charge on any atom is -0.467 e. The molecule has 0 spiro atoms. The van der Waals surface area contributed by atoms with Crippen molar-refractivity contribution in [2.75, 3.05) is 4.90 Å². The molecule has 3 amide bonds. The number of hydrogen-bond acceptors (Lipinski definition) is 5. The van der Waals surface area contributed by atoms with E-state index in [4.69, 9.17) is 8.83 Å². The molecule has 1 atom stereocenters. The lowest BCUT2D eigenvalue weighted by atomic mass is 10.2. The van der Waals surface area contributed by atoms with Gasteiger partial charge in [0.15, 0.2) is 5.76 Å². The van der Waals surface area contributed by atoms with Crippen molar-refractivity contribution in [3.63, 3.8) is 0 Å². The van der Waals surface area contributed by atoms with E-state index in [9.17, 15) is 14.4 Å². The molecule has 1 aromatic carbocycles. The standard InChI is InChI=1S/C20H15BrN2O5/c21-13-5-7-14(8-6-13)23-18(24)11-16(19(23)25)22(12-15-3-1-9-27-15)20(26)17-4-2-10-28-17/h1-10,16H,11-12H2. The van der Waals surface area contributed by atoms with Gasteiger partial charge in [0.2, 0.25) is 5.91 Å². The fourth-order valence-corrected chi connectivity index (χ4v) is 3.42. The van der Waals surface area contributed by atoms with Gasteiger partial charge in [-0.2, -0.15) is 0 Å². The number of nitrogens with zero attached hydrogens (tertiary/aromatic N) is 2. The highest BCUT2D eigenvalue weighted by Gasteiger charge is 2.45. The van der Waals surface area contributed by atoms with E-state index in [0.717, 1.165) is 9.37 Å². The first kappa shape index (κ1) is 18.2. The summed E-state index contributed by atoms with van der Waals surface area (Å²) in [7, 11) is 0. The van der Waals surface area contributed by atoms with Crippen LogP contribution < -0.4 is 4.90 Å². The number of imide groups is 1. The van der Waals surface area contributed by atoms with Gasteiger partial charge in [-0.05, 0) is 48.5 Å². The second kappa shape index (κ2) is 7.47. The van der Waals surface area contributed by atoms with Crippen LogP contribution in [0.2, 0.25) is 0 Å². The van der Waals surface area contributed by atoms with Crippen molar-refractivity contribution < 1.29 is 23.2 Å². The van der Waals surface area contributed by atoms with E-state index in [2.05, 4.69) is 15.9 Å². The molecule has 0 bridgehead atoms. The minimum atomic E-state index is -0.946. The topological polar surface area (TPSA) is 84.0 Å². The molecular weight excluding hydrogens is 428 g/mol. The number of benzene rings is 1. The zero-order chi connectivity index (χ0) is 19.7. The molecule has 3 aromatic rings. The van der Waals surface area contributed by atoms with Crippen molar-refractivity contribution in [1.82, 2.24) is 4.90 Å². The van der Waals surface area contributed by atoms with Crippen LogP contribution >= 0.6 is 15.9 Å². The Balaban J connectivity index is 1.66. The van der Waals surface area contributed by atoms with Crippen LogP contribution in [0.1, 0.15) is 22.7 Å². The third-order valence-corrected chi connectivity index (χ3v) is 5.01. The average Bonchev–Trinajstić information content (AvgIpc) is 3.43. The van der Waals surface area contributed by atoms with Gasteiger partial charge in [0, 0.05) is 4.47 Å². The SMILES string of the molecule is O=C1CC(N(Cc2ccco2)C(=O)c2ccco2)C(=O)N1c1ccc(Br)cc1. The van der Waals surface area contributed by atoms with Gasteiger partial charge in [-0.15, -0.1) is 0 Å². The highest BCUT2D eigenvalue weighted by Crippen LogP contribution is 2.28. The van der Waals surface area contributed by atoms with Crippen molar-refractivity contribution in [2.45, 2.75) is 19.0 Å². The molecular formula is C20H15BrN2O5. The fraction of sp³-hybridized carbons (Fsp3) is 0.150. The van der Waals surface area contributed by atoms with Gasteiger partial charge in [-0.1, -0.05) is 15.9 Å². The molecule has 3 heterocycles. The van der Waals surface area contributed by atoms with E-state index in [0.29, 0.717) is 11.4 Å². The molecule has 2 aromatic heterocycles. The molecule has 0 N–H and O–H groups in total. The van der Waals surface area contributed by atoms with E-state index in [1.54, 1.807) is 42.5 Å². The summed E-state index contributed by atoms with van der Waals surface area (Å²) in [5.41, 5.74) is 0.462. The third-order valence-electron chi connectivity index (χ3n) is 4.48. The van der Waals surface area contributed by atoms with Crippen LogP contribution in [-0.2, 0) is 16.1 Å². The smallest absolute Gasteiger partial charge is 0.290 e. The summed E-state index contributed by atoms with van der Waals surface area (Å²) >= 11 is 3.33. The molecule has 142 valence electrons. The quantitative estimate of drug-likeness (QED) is 0.563. The van der Waals surface area contributed by atoms with Crippen molar-refractivity contribution in [1.29, 1.82) is 0 Å². The normalized spacial score (nSPS) is 16.6. The van der Waals surface area contributed by atoms with E-state index in [-0.39, 0.29) is 24.6 Å². The van der Waals surface area contributed by atoms with Crippen molar-refractivity contribution in [3.05, 3.63) is 77.1 Å². The first-order valence-electron chi connectivity index (χ1n) is 8.54. The Morgan fingerprint density at radius 2 is 1.79 bits per heavy atom. The summed E-state index contributed by atoms with van der Waals surface area (Å²) in [4.78, 5) is 41.1. The third kappa shape index (κ3) is 3.38. The van der Waals surface area contributed by atoms with Crippen LogP contribution in [0, 0.1) is 0 Å². The molecule has 1 saturated heterocycles. The molecule has 1 aliphatic rings. The molecule has 8 heteroatoms. The molecule has 0 aliphatic carbocycles. The lowest BCUT2D eigenvalue weighted by Gasteiger charge is -2.26.